The highest BCUT2D eigenvalue weighted by Crippen LogP contribution is 2.30. The Morgan fingerprint density at radius 3 is 2.62 bits per heavy atom. The zero-order chi connectivity index (χ0) is 20.4. The summed E-state index contributed by atoms with van der Waals surface area (Å²) in [5, 5.41) is 0.688. The molecule has 1 saturated heterocycles. The number of hydrogen-bond donors (Lipinski definition) is 2. The Balaban J connectivity index is 1.38. The number of piperidine rings is 1. The van der Waals surface area contributed by atoms with E-state index in [9.17, 15) is 4.79 Å². The number of aromatic nitrogens is 2. The van der Waals surface area contributed by atoms with Gasteiger partial charge in [0.25, 0.3) is 5.91 Å². The Labute approximate surface area is 182 Å². The fourth-order valence-corrected chi connectivity index (χ4v) is 4.25. The number of hydrogen-bond acceptors (Lipinski definition) is 6. The van der Waals surface area contributed by atoms with Crippen LogP contribution in [0, 0.1) is 9.49 Å². The van der Waals surface area contributed by atoms with Crippen LogP contribution in [0.5, 0.6) is 5.75 Å². The summed E-state index contributed by atoms with van der Waals surface area (Å²) in [7, 11) is 0. The molecule has 1 aliphatic rings. The number of nitrogens with two attached hydrogens (primary N) is 2. The Morgan fingerprint density at radius 2 is 1.86 bits per heavy atom. The third-order valence-corrected chi connectivity index (χ3v) is 6.15. The third-order valence-electron chi connectivity index (χ3n) is 5.21. The van der Waals surface area contributed by atoms with Gasteiger partial charge in [0, 0.05) is 16.7 Å². The zero-order valence-corrected chi connectivity index (χ0v) is 18.0. The van der Waals surface area contributed by atoms with Gasteiger partial charge < -0.3 is 21.1 Å². The molecule has 0 spiro atoms. The summed E-state index contributed by atoms with van der Waals surface area (Å²) < 4.78 is 7.06. The minimum Gasteiger partial charge on any atom is -0.492 e. The number of carbonyl (C=O) groups is 1. The normalized spacial score (nSPS) is 14.9. The quantitative estimate of drug-likeness (QED) is 0.529. The summed E-state index contributed by atoms with van der Waals surface area (Å²) in [6.45, 7) is 2.03. The van der Waals surface area contributed by atoms with E-state index in [0.717, 1.165) is 35.1 Å². The molecule has 1 aromatic heterocycles. The lowest BCUT2D eigenvalue weighted by Gasteiger charge is -2.32. The van der Waals surface area contributed by atoms with Gasteiger partial charge in [0.05, 0.1) is 23.1 Å². The maximum Gasteiger partial charge on any atom is 0.254 e. The number of likely N-dealkylation sites (tertiary alicyclic amines) is 1. The zero-order valence-electron chi connectivity index (χ0n) is 15.8. The van der Waals surface area contributed by atoms with Crippen molar-refractivity contribution < 1.29 is 9.53 Å². The molecule has 2 aromatic carbocycles. The fourth-order valence-electron chi connectivity index (χ4n) is 3.63. The summed E-state index contributed by atoms with van der Waals surface area (Å²) in [5.41, 5.74) is 13.2. The standard InChI is InChI=1S/C21H22IN5O2/c22-15-5-2-1-4-14(15)20(28)27-10-8-13(9-11-27)12-29-17-7-3-6-16-18(17)19(23)26-21(24)25-16/h1-7,13H,8-12H2,(H4,23,24,25,26). The van der Waals surface area contributed by atoms with Crippen LogP contribution in [0.4, 0.5) is 11.8 Å². The number of carbonyl (C=O) groups excluding carboxylic acids is 1. The van der Waals surface area contributed by atoms with Crippen molar-refractivity contribution in [2.75, 3.05) is 31.2 Å². The van der Waals surface area contributed by atoms with E-state index in [1.165, 1.54) is 0 Å². The van der Waals surface area contributed by atoms with Gasteiger partial charge in [-0.3, -0.25) is 4.79 Å². The first-order valence-corrected chi connectivity index (χ1v) is 10.6. The van der Waals surface area contributed by atoms with Gasteiger partial charge in [0.1, 0.15) is 11.6 Å². The summed E-state index contributed by atoms with van der Waals surface area (Å²) >= 11 is 2.21. The van der Waals surface area contributed by atoms with Gasteiger partial charge in [-0.1, -0.05) is 18.2 Å². The molecule has 1 fully saturated rings. The largest absolute Gasteiger partial charge is 0.492 e. The first kappa shape index (κ1) is 19.7. The smallest absolute Gasteiger partial charge is 0.254 e. The van der Waals surface area contributed by atoms with Crippen LogP contribution in [0.25, 0.3) is 10.9 Å². The van der Waals surface area contributed by atoms with Gasteiger partial charge in [0.15, 0.2) is 0 Å². The first-order valence-electron chi connectivity index (χ1n) is 9.51. The van der Waals surface area contributed by atoms with Crippen molar-refractivity contribution in [1.29, 1.82) is 0 Å². The highest BCUT2D eigenvalue weighted by Gasteiger charge is 2.25. The van der Waals surface area contributed by atoms with Crippen LogP contribution in [-0.4, -0.2) is 40.5 Å². The van der Waals surface area contributed by atoms with Gasteiger partial charge in [-0.15, -0.1) is 0 Å². The number of fused-ring (bicyclic) bond motifs is 1. The Bertz CT molecular complexity index is 1050. The van der Waals surface area contributed by atoms with Crippen molar-refractivity contribution >= 4 is 51.2 Å². The van der Waals surface area contributed by atoms with Crippen molar-refractivity contribution in [3.8, 4) is 5.75 Å². The molecule has 150 valence electrons. The van der Waals surface area contributed by atoms with Crippen LogP contribution in [0.2, 0.25) is 0 Å². The highest BCUT2D eigenvalue weighted by molar-refractivity contribution is 14.1. The molecular formula is C21H22IN5O2. The molecule has 0 aliphatic carbocycles. The maximum atomic E-state index is 12.8. The van der Waals surface area contributed by atoms with E-state index in [2.05, 4.69) is 32.6 Å². The maximum absolute atomic E-state index is 12.8. The lowest BCUT2D eigenvalue weighted by Crippen LogP contribution is -2.40. The summed E-state index contributed by atoms with van der Waals surface area (Å²) in [5.74, 6) is 1.61. The van der Waals surface area contributed by atoms with Gasteiger partial charge in [-0.2, -0.15) is 4.98 Å². The van der Waals surface area contributed by atoms with Crippen LogP contribution in [0.1, 0.15) is 23.2 Å². The van der Waals surface area contributed by atoms with Crippen LogP contribution in [0.15, 0.2) is 42.5 Å². The number of amides is 1. The average Bonchev–Trinajstić information content (AvgIpc) is 2.72. The number of benzene rings is 2. The second-order valence-corrected chi connectivity index (χ2v) is 8.31. The Kier molecular flexibility index (Phi) is 5.70. The van der Waals surface area contributed by atoms with E-state index in [1.54, 1.807) is 0 Å². The second kappa shape index (κ2) is 8.40. The van der Waals surface area contributed by atoms with Gasteiger partial charge in [-0.25, -0.2) is 4.98 Å². The fraction of sp³-hybridized carbons (Fsp3) is 0.286. The van der Waals surface area contributed by atoms with Crippen molar-refractivity contribution in [3.63, 3.8) is 0 Å². The third kappa shape index (κ3) is 4.21. The molecular weight excluding hydrogens is 481 g/mol. The molecule has 0 saturated carbocycles. The van der Waals surface area contributed by atoms with Crippen LogP contribution in [0.3, 0.4) is 0 Å². The topological polar surface area (TPSA) is 107 Å². The van der Waals surface area contributed by atoms with E-state index in [0.29, 0.717) is 35.0 Å². The minimum absolute atomic E-state index is 0.103. The molecule has 8 heteroatoms. The number of halogens is 1. The number of rotatable bonds is 4. The summed E-state index contributed by atoms with van der Waals surface area (Å²) in [6, 6.07) is 13.3. The number of anilines is 2. The molecule has 4 rings (SSSR count). The van der Waals surface area contributed by atoms with Gasteiger partial charge >= 0.3 is 0 Å². The average molecular weight is 503 g/mol. The molecule has 1 amide bonds. The van der Waals surface area contributed by atoms with E-state index in [1.807, 2.05) is 47.4 Å². The van der Waals surface area contributed by atoms with Crippen molar-refractivity contribution in [3.05, 3.63) is 51.6 Å². The monoisotopic (exact) mass is 503 g/mol. The van der Waals surface area contributed by atoms with Crippen LogP contribution < -0.4 is 16.2 Å². The highest BCUT2D eigenvalue weighted by atomic mass is 127. The van der Waals surface area contributed by atoms with Gasteiger partial charge in [-0.05, 0) is 65.6 Å². The number of nitrogens with zero attached hydrogens (tertiary/aromatic N) is 3. The first-order chi connectivity index (χ1) is 14.0. The van der Waals surface area contributed by atoms with E-state index in [-0.39, 0.29) is 11.9 Å². The van der Waals surface area contributed by atoms with Gasteiger partial charge in [0.2, 0.25) is 5.95 Å². The molecule has 3 aromatic rings. The van der Waals surface area contributed by atoms with Crippen molar-refractivity contribution in [1.82, 2.24) is 14.9 Å². The van der Waals surface area contributed by atoms with Crippen LogP contribution >= 0.6 is 22.6 Å². The molecule has 1 aliphatic heterocycles. The predicted octanol–water partition coefficient (Wildman–Crippen LogP) is 3.33. The summed E-state index contributed by atoms with van der Waals surface area (Å²) in [4.78, 5) is 23.0. The Morgan fingerprint density at radius 1 is 1.10 bits per heavy atom. The molecule has 0 atom stereocenters. The molecule has 29 heavy (non-hydrogen) atoms. The van der Waals surface area contributed by atoms with Crippen molar-refractivity contribution in [2.24, 2.45) is 5.92 Å². The molecule has 2 heterocycles. The molecule has 0 bridgehead atoms. The lowest BCUT2D eigenvalue weighted by atomic mass is 9.97. The van der Waals surface area contributed by atoms with E-state index < -0.39 is 0 Å². The molecule has 7 nitrogen and oxygen atoms in total. The SMILES string of the molecule is Nc1nc(N)c2c(OCC3CCN(C(=O)c4ccccc4I)CC3)cccc2n1. The Hall–Kier alpha value is -2.62. The molecule has 0 unspecified atom stereocenters. The summed E-state index contributed by atoms with van der Waals surface area (Å²) in [6.07, 6.45) is 1.80. The number of ether oxygens (including phenoxy) is 1. The lowest BCUT2D eigenvalue weighted by molar-refractivity contribution is 0.0660. The van der Waals surface area contributed by atoms with Crippen molar-refractivity contribution in [2.45, 2.75) is 12.8 Å². The minimum atomic E-state index is 0.103. The second-order valence-electron chi connectivity index (χ2n) is 7.14. The molecule has 0 radical (unpaired) electrons. The van der Waals surface area contributed by atoms with E-state index >= 15 is 0 Å². The van der Waals surface area contributed by atoms with E-state index in [4.69, 9.17) is 16.2 Å². The van der Waals surface area contributed by atoms with Crippen LogP contribution in [-0.2, 0) is 0 Å². The predicted molar refractivity (Wildman–Crippen MR) is 122 cm³/mol. The number of nitrogen functional groups attached to an aromatic ring is 2. The molecule has 4 N–H and O–H groups in total.